The van der Waals surface area contributed by atoms with Crippen LogP contribution < -0.4 is 10.6 Å². The molecular formula is C18H17IN2O5. The highest BCUT2D eigenvalue weighted by atomic mass is 127. The summed E-state index contributed by atoms with van der Waals surface area (Å²) in [6, 6.07) is 11.7. The maximum Gasteiger partial charge on any atom is 0.337 e. The second-order valence-electron chi connectivity index (χ2n) is 5.16. The van der Waals surface area contributed by atoms with Crippen molar-refractivity contribution in [2.24, 2.45) is 0 Å². The van der Waals surface area contributed by atoms with E-state index < -0.39 is 11.9 Å². The molecular weight excluding hydrogens is 451 g/mol. The molecule has 0 radical (unpaired) electrons. The van der Waals surface area contributed by atoms with Crippen molar-refractivity contribution in [3.05, 3.63) is 57.2 Å². The van der Waals surface area contributed by atoms with Crippen molar-refractivity contribution in [1.29, 1.82) is 0 Å². The van der Waals surface area contributed by atoms with E-state index in [0.717, 1.165) is 3.57 Å². The highest BCUT2D eigenvalue weighted by molar-refractivity contribution is 14.1. The summed E-state index contributed by atoms with van der Waals surface area (Å²) in [5.41, 5.74) is 1.48. The number of anilines is 2. The lowest BCUT2D eigenvalue weighted by Gasteiger charge is -2.11. The van der Waals surface area contributed by atoms with E-state index in [-0.39, 0.29) is 23.6 Å². The number of nitrogens with one attached hydrogen (secondary N) is 2. The molecule has 2 aromatic rings. The molecule has 0 fully saturated rings. The highest BCUT2D eigenvalue weighted by Crippen LogP contribution is 2.18. The van der Waals surface area contributed by atoms with Crippen LogP contribution in [-0.2, 0) is 14.3 Å². The lowest BCUT2D eigenvalue weighted by atomic mass is 10.1. The van der Waals surface area contributed by atoms with Crippen molar-refractivity contribution in [1.82, 2.24) is 0 Å². The van der Waals surface area contributed by atoms with Gasteiger partial charge < -0.3 is 20.1 Å². The Morgan fingerprint density at radius 2 is 1.54 bits per heavy atom. The molecule has 0 aliphatic heterocycles. The summed E-state index contributed by atoms with van der Waals surface area (Å²) in [7, 11) is 2.49. The molecule has 2 rings (SSSR count). The summed E-state index contributed by atoms with van der Waals surface area (Å²) in [5, 5.41) is 5.68. The number of methoxy groups -OCH3 is 2. The predicted molar refractivity (Wildman–Crippen MR) is 105 cm³/mol. The van der Waals surface area contributed by atoms with Crippen molar-refractivity contribution in [2.75, 3.05) is 31.4 Å². The van der Waals surface area contributed by atoms with E-state index in [4.69, 9.17) is 0 Å². The number of esters is 2. The lowest BCUT2D eigenvalue weighted by Crippen LogP contribution is -2.22. The number of hydrogen-bond acceptors (Lipinski definition) is 6. The smallest absolute Gasteiger partial charge is 0.337 e. The minimum absolute atomic E-state index is 0.0454. The molecule has 0 heterocycles. The van der Waals surface area contributed by atoms with Crippen LogP contribution in [0.5, 0.6) is 0 Å². The van der Waals surface area contributed by atoms with E-state index >= 15 is 0 Å². The van der Waals surface area contributed by atoms with Crippen LogP contribution in [0.2, 0.25) is 0 Å². The van der Waals surface area contributed by atoms with Gasteiger partial charge in [-0.05, 0) is 52.9 Å². The van der Waals surface area contributed by atoms with Gasteiger partial charge in [-0.1, -0.05) is 12.1 Å². The van der Waals surface area contributed by atoms with E-state index in [1.807, 2.05) is 18.2 Å². The molecule has 0 aromatic heterocycles. The molecule has 0 aliphatic rings. The van der Waals surface area contributed by atoms with E-state index in [9.17, 15) is 14.4 Å². The largest absolute Gasteiger partial charge is 0.465 e. The minimum Gasteiger partial charge on any atom is -0.465 e. The fourth-order valence-corrected chi connectivity index (χ4v) is 2.66. The first-order chi connectivity index (χ1) is 12.4. The molecule has 0 unspecified atom stereocenters. The maximum atomic E-state index is 12.1. The van der Waals surface area contributed by atoms with Crippen molar-refractivity contribution >= 4 is 51.8 Å². The number of rotatable bonds is 6. The highest BCUT2D eigenvalue weighted by Gasteiger charge is 2.14. The van der Waals surface area contributed by atoms with Crippen LogP contribution in [-0.4, -0.2) is 38.6 Å². The Bertz CT molecular complexity index is 804. The third kappa shape index (κ3) is 5.19. The summed E-state index contributed by atoms with van der Waals surface area (Å²) in [4.78, 5) is 35.7. The van der Waals surface area contributed by atoms with Crippen LogP contribution in [0, 0.1) is 3.57 Å². The second-order valence-corrected chi connectivity index (χ2v) is 6.33. The molecule has 0 spiro atoms. The first-order valence-electron chi connectivity index (χ1n) is 7.54. The van der Waals surface area contributed by atoms with Crippen LogP contribution in [0.25, 0.3) is 0 Å². The number of halogens is 1. The normalized spacial score (nSPS) is 9.96. The Hall–Kier alpha value is -2.62. The molecule has 0 atom stereocenters. The molecule has 26 heavy (non-hydrogen) atoms. The number of para-hydroxylation sites is 1. The third-order valence-corrected chi connectivity index (χ3v) is 4.32. The van der Waals surface area contributed by atoms with Crippen molar-refractivity contribution in [2.45, 2.75) is 0 Å². The standard InChI is InChI=1S/C18H17IN2O5/c1-25-17(23)11-7-12(18(24)26-2)9-13(8-11)20-10-16(22)21-15-6-4-3-5-14(15)19/h3-9,20H,10H2,1-2H3,(H,21,22). The fourth-order valence-electron chi connectivity index (χ4n) is 2.14. The zero-order chi connectivity index (χ0) is 19.1. The molecule has 8 heteroatoms. The van der Waals surface area contributed by atoms with Crippen LogP contribution in [0.1, 0.15) is 20.7 Å². The monoisotopic (exact) mass is 468 g/mol. The van der Waals surface area contributed by atoms with Crippen molar-refractivity contribution in [3.8, 4) is 0 Å². The number of benzene rings is 2. The second kappa shape index (κ2) is 9.18. The van der Waals surface area contributed by atoms with Gasteiger partial charge in [-0.15, -0.1) is 0 Å². The van der Waals surface area contributed by atoms with Crippen LogP contribution in [0.4, 0.5) is 11.4 Å². The van der Waals surface area contributed by atoms with Gasteiger partial charge in [0.05, 0.1) is 37.6 Å². The summed E-state index contributed by atoms with van der Waals surface area (Å²) >= 11 is 2.13. The number of ether oxygens (including phenoxy) is 2. The average molecular weight is 468 g/mol. The van der Waals surface area contributed by atoms with Crippen LogP contribution in [0.3, 0.4) is 0 Å². The number of carbonyl (C=O) groups is 3. The number of amides is 1. The Morgan fingerprint density at radius 3 is 2.08 bits per heavy atom. The summed E-state index contributed by atoms with van der Waals surface area (Å²) < 4.78 is 10.3. The lowest BCUT2D eigenvalue weighted by molar-refractivity contribution is -0.114. The molecule has 0 saturated carbocycles. The fraction of sp³-hybridized carbons (Fsp3) is 0.167. The average Bonchev–Trinajstić information content (AvgIpc) is 2.66. The van der Waals surface area contributed by atoms with E-state index in [2.05, 4.69) is 42.7 Å². The van der Waals surface area contributed by atoms with E-state index in [1.165, 1.54) is 32.4 Å². The van der Waals surface area contributed by atoms with Crippen LogP contribution in [0.15, 0.2) is 42.5 Å². The number of carbonyl (C=O) groups excluding carboxylic acids is 3. The molecule has 0 aliphatic carbocycles. The maximum absolute atomic E-state index is 12.1. The molecule has 136 valence electrons. The Labute approximate surface area is 164 Å². The van der Waals surface area contributed by atoms with Crippen LogP contribution >= 0.6 is 22.6 Å². The first kappa shape index (κ1) is 19.7. The molecule has 2 aromatic carbocycles. The van der Waals surface area contributed by atoms with Crippen molar-refractivity contribution < 1.29 is 23.9 Å². The zero-order valence-electron chi connectivity index (χ0n) is 14.2. The molecule has 0 saturated heterocycles. The molecule has 7 nitrogen and oxygen atoms in total. The van der Waals surface area contributed by atoms with E-state index in [1.54, 1.807) is 6.07 Å². The molecule has 1 amide bonds. The Kier molecular flexibility index (Phi) is 6.96. The summed E-state index contributed by atoms with van der Waals surface area (Å²) in [5.74, 6) is -1.46. The van der Waals surface area contributed by atoms with Gasteiger partial charge in [0.1, 0.15) is 0 Å². The summed E-state index contributed by atoms with van der Waals surface area (Å²) in [6.45, 7) is -0.0454. The Morgan fingerprint density at radius 1 is 0.962 bits per heavy atom. The van der Waals surface area contributed by atoms with Gasteiger partial charge in [0.2, 0.25) is 5.91 Å². The van der Waals surface area contributed by atoms with Gasteiger partial charge >= 0.3 is 11.9 Å². The minimum atomic E-state index is -0.595. The molecule has 0 bridgehead atoms. The van der Waals surface area contributed by atoms with Gasteiger partial charge in [0.15, 0.2) is 0 Å². The van der Waals surface area contributed by atoms with Gasteiger partial charge in [-0.2, -0.15) is 0 Å². The Balaban J connectivity index is 2.12. The van der Waals surface area contributed by atoms with Gasteiger partial charge in [0.25, 0.3) is 0 Å². The topological polar surface area (TPSA) is 93.7 Å². The number of hydrogen-bond donors (Lipinski definition) is 2. The molecule has 2 N–H and O–H groups in total. The third-order valence-electron chi connectivity index (χ3n) is 3.38. The quantitative estimate of drug-likeness (QED) is 0.501. The first-order valence-corrected chi connectivity index (χ1v) is 8.62. The predicted octanol–water partition coefficient (Wildman–Crippen LogP) is 2.92. The van der Waals surface area contributed by atoms with Gasteiger partial charge in [0, 0.05) is 9.26 Å². The summed E-state index contributed by atoms with van der Waals surface area (Å²) in [6.07, 6.45) is 0. The SMILES string of the molecule is COC(=O)c1cc(NCC(=O)Nc2ccccc2I)cc(C(=O)OC)c1. The van der Waals surface area contributed by atoms with Gasteiger partial charge in [-0.3, -0.25) is 4.79 Å². The van der Waals surface area contributed by atoms with Crippen molar-refractivity contribution in [3.63, 3.8) is 0 Å². The zero-order valence-corrected chi connectivity index (χ0v) is 16.3. The van der Waals surface area contributed by atoms with E-state index in [0.29, 0.717) is 11.4 Å². The van der Waals surface area contributed by atoms with Gasteiger partial charge in [-0.25, -0.2) is 9.59 Å².